The number of anilines is 2. The first-order chi connectivity index (χ1) is 14.7. The smallest absolute Gasteiger partial charge is 0.354 e. The predicted octanol–water partition coefficient (Wildman–Crippen LogP) is 5.12. The first-order valence-electron chi connectivity index (χ1n) is 9.62. The Morgan fingerprint density at radius 2 is 2.03 bits per heavy atom. The summed E-state index contributed by atoms with van der Waals surface area (Å²) in [5, 5.41) is 7.68. The highest BCUT2D eigenvalue weighted by Gasteiger charge is 2.33. The molecule has 6 nitrogen and oxygen atoms in total. The molecule has 1 aromatic carbocycles. The number of urea groups is 1. The Kier molecular flexibility index (Phi) is 5.74. The molecule has 3 heterocycles. The van der Waals surface area contributed by atoms with Crippen molar-refractivity contribution in [2.75, 3.05) is 23.3 Å². The van der Waals surface area contributed by atoms with Gasteiger partial charge in [-0.25, -0.2) is 9.78 Å². The third-order valence-electron chi connectivity index (χ3n) is 5.23. The summed E-state index contributed by atoms with van der Waals surface area (Å²) in [6.07, 6.45) is -1.27. The van der Waals surface area contributed by atoms with Crippen LogP contribution in [0, 0.1) is 6.92 Å². The number of fused-ring (bicyclic) bond motifs is 1. The fraction of sp³-hybridized carbons (Fsp3) is 0.286. The van der Waals surface area contributed by atoms with Gasteiger partial charge in [-0.05, 0) is 47.5 Å². The molecular formula is C21H19BrF3N5O. The first kappa shape index (κ1) is 21.4. The highest BCUT2D eigenvalue weighted by Crippen LogP contribution is 2.34. The molecule has 31 heavy (non-hydrogen) atoms. The monoisotopic (exact) mass is 493 g/mol. The second-order valence-corrected chi connectivity index (χ2v) is 8.21. The number of nitrogens with one attached hydrogen (secondary N) is 2. The SMILES string of the molecule is Cc1nccc2c(NC(=O)N[C@@H]3CCN(c4ncc(C(F)(F)F)cc4Br)C3)cccc12. The van der Waals surface area contributed by atoms with Crippen LogP contribution >= 0.6 is 15.9 Å². The number of pyridine rings is 2. The number of carbonyl (C=O) groups excluding carboxylic acids is 1. The minimum Gasteiger partial charge on any atom is -0.354 e. The van der Waals surface area contributed by atoms with Crippen LogP contribution in [0.3, 0.4) is 0 Å². The summed E-state index contributed by atoms with van der Waals surface area (Å²) < 4.78 is 38.8. The van der Waals surface area contributed by atoms with E-state index in [0.29, 0.717) is 31.0 Å². The van der Waals surface area contributed by atoms with Gasteiger partial charge in [0.05, 0.1) is 15.7 Å². The summed E-state index contributed by atoms with van der Waals surface area (Å²) >= 11 is 3.18. The van der Waals surface area contributed by atoms with Gasteiger partial charge in [-0.3, -0.25) is 4.98 Å². The molecule has 10 heteroatoms. The Morgan fingerprint density at radius 3 is 2.77 bits per heavy atom. The van der Waals surface area contributed by atoms with E-state index in [2.05, 4.69) is 36.5 Å². The number of aryl methyl sites for hydroxylation is 1. The number of aromatic nitrogens is 2. The maximum Gasteiger partial charge on any atom is 0.417 e. The van der Waals surface area contributed by atoms with Crippen LogP contribution in [0.25, 0.3) is 10.8 Å². The van der Waals surface area contributed by atoms with E-state index in [-0.39, 0.29) is 16.5 Å². The molecular weight excluding hydrogens is 475 g/mol. The maximum absolute atomic E-state index is 12.8. The number of rotatable bonds is 3. The van der Waals surface area contributed by atoms with Crippen molar-refractivity contribution < 1.29 is 18.0 Å². The molecule has 2 N–H and O–H groups in total. The average molecular weight is 494 g/mol. The van der Waals surface area contributed by atoms with Crippen molar-refractivity contribution in [2.24, 2.45) is 0 Å². The van der Waals surface area contributed by atoms with E-state index in [1.54, 1.807) is 6.20 Å². The lowest BCUT2D eigenvalue weighted by molar-refractivity contribution is -0.137. The second kappa shape index (κ2) is 8.33. The molecule has 1 fully saturated rings. The van der Waals surface area contributed by atoms with Crippen LogP contribution in [0.15, 0.2) is 47.2 Å². The molecule has 1 aliphatic rings. The summed E-state index contributed by atoms with van der Waals surface area (Å²) in [5.74, 6) is 0.426. The van der Waals surface area contributed by atoms with E-state index in [9.17, 15) is 18.0 Å². The highest BCUT2D eigenvalue weighted by atomic mass is 79.9. The Balaban J connectivity index is 1.41. The van der Waals surface area contributed by atoms with Crippen molar-refractivity contribution in [2.45, 2.75) is 25.6 Å². The van der Waals surface area contributed by atoms with Gasteiger partial charge in [0, 0.05) is 48.0 Å². The van der Waals surface area contributed by atoms with Gasteiger partial charge in [0.2, 0.25) is 0 Å². The molecule has 3 aromatic rings. The van der Waals surface area contributed by atoms with Crippen molar-refractivity contribution in [1.29, 1.82) is 0 Å². The van der Waals surface area contributed by atoms with E-state index < -0.39 is 11.7 Å². The second-order valence-electron chi connectivity index (χ2n) is 7.35. The summed E-state index contributed by atoms with van der Waals surface area (Å²) in [6.45, 7) is 2.93. The van der Waals surface area contributed by atoms with E-state index in [1.807, 2.05) is 36.1 Å². The van der Waals surface area contributed by atoms with Gasteiger partial charge in [-0.15, -0.1) is 0 Å². The zero-order valence-electron chi connectivity index (χ0n) is 16.5. The minimum atomic E-state index is -4.45. The molecule has 0 saturated carbocycles. The van der Waals surface area contributed by atoms with Gasteiger partial charge < -0.3 is 15.5 Å². The number of amides is 2. The first-order valence-corrected chi connectivity index (χ1v) is 10.4. The Morgan fingerprint density at radius 1 is 1.23 bits per heavy atom. The number of nitrogens with zero attached hydrogens (tertiary/aromatic N) is 3. The lowest BCUT2D eigenvalue weighted by atomic mass is 10.1. The van der Waals surface area contributed by atoms with Gasteiger partial charge in [-0.1, -0.05) is 12.1 Å². The van der Waals surface area contributed by atoms with Gasteiger partial charge in [0.1, 0.15) is 5.82 Å². The molecule has 0 spiro atoms. The quantitative estimate of drug-likeness (QED) is 0.531. The Bertz CT molecular complexity index is 1140. The van der Waals surface area contributed by atoms with Crippen LogP contribution < -0.4 is 15.5 Å². The third-order valence-corrected chi connectivity index (χ3v) is 5.81. The van der Waals surface area contributed by atoms with Gasteiger partial charge in [0.15, 0.2) is 0 Å². The van der Waals surface area contributed by atoms with Crippen molar-refractivity contribution in [3.63, 3.8) is 0 Å². The Labute approximate surface area is 185 Å². The normalized spacial score (nSPS) is 16.5. The molecule has 0 aliphatic carbocycles. The van der Waals surface area contributed by atoms with E-state index in [4.69, 9.17) is 0 Å². The topological polar surface area (TPSA) is 70.2 Å². The van der Waals surface area contributed by atoms with Crippen molar-refractivity contribution >= 4 is 44.2 Å². The predicted molar refractivity (Wildman–Crippen MR) is 116 cm³/mol. The van der Waals surface area contributed by atoms with Crippen LogP contribution in [0.5, 0.6) is 0 Å². The minimum absolute atomic E-state index is 0.158. The van der Waals surface area contributed by atoms with Crippen molar-refractivity contribution in [3.8, 4) is 0 Å². The fourth-order valence-corrected chi connectivity index (χ4v) is 4.29. The van der Waals surface area contributed by atoms with Crippen LogP contribution in [-0.2, 0) is 6.18 Å². The third kappa shape index (κ3) is 4.58. The zero-order chi connectivity index (χ0) is 22.2. The zero-order valence-corrected chi connectivity index (χ0v) is 18.1. The Hall–Kier alpha value is -2.88. The van der Waals surface area contributed by atoms with Crippen LogP contribution in [0.2, 0.25) is 0 Å². The summed E-state index contributed by atoms with van der Waals surface area (Å²) in [7, 11) is 0. The molecule has 0 unspecified atom stereocenters. The van der Waals surface area contributed by atoms with Crippen LogP contribution in [-0.4, -0.2) is 35.1 Å². The van der Waals surface area contributed by atoms with Gasteiger partial charge >= 0.3 is 12.2 Å². The maximum atomic E-state index is 12.8. The summed E-state index contributed by atoms with van der Waals surface area (Å²) in [5.41, 5.74) is 0.752. The van der Waals surface area contributed by atoms with Crippen molar-refractivity contribution in [1.82, 2.24) is 15.3 Å². The number of benzene rings is 1. The molecule has 0 bridgehead atoms. The number of hydrogen-bond acceptors (Lipinski definition) is 4. The average Bonchev–Trinajstić information content (AvgIpc) is 3.16. The van der Waals surface area contributed by atoms with Crippen LogP contribution in [0.1, 0.15) is 17.7 Å². The van der Waals surface area contributed by atoms with Gasteiger partial charge in [0.25, 0.3) is 0 Å². The molecule has 162 valence electrons. The number of carbonyl (C=O) groups is 1. The largest absolute Gasteiger partial charge is 0.417 e. The number of halogens is 4. The number of hydrogen-bond donors (Lipinski definition) is 2. The molecule has 1 aliphatic heterocycles. The lowest BCUT2D eigenvalue weighted by Crippen LogP contribution is -2.39. The van der Waals surface area contributed by atoms with E-state index >= 15 is 0 Å². The molecule has 1 atom stereocenters. The van der Waals surface area contributed by atoms with E-state index in [0.717, 1.165) is 28.7 Å². The molecule has 4 rings (SSSR count). The van der Waals surface area contributed by atoms with Crippen molar-refractivity contribution in [3.05, 3.63) is 58.5 Å². The number of alkyl halides is 3. The van der Waals surface area contributed by atoms with Crippen LogP contribution in [0.4, 0.5) is 29.5 Å². The summed E-state index contributed by atoms with van der Waals surface area (Å²) in [6, 6.07) is 8.01. The summed E-state index contributed by atoms with van der Waals surface area (Å²) in [4.78, 5) is 22.6. The van der Waals surface area contributed by atoms with E-state index in [1.165, 1.54) is 0 Å². The molecule has 2 aromatic heterocycles. The lowest BCUT2D eigenvalue weighted by Gasteiger charge is -2.20. The molecule has 1 saturated heterocycles. The van der Waals surface area contributed by atoms with Gasteiger partial charge in [-0.2, -0.15) is 13.2 Å². The molecule has 0 radical (unpaired) electrons. The highest BCUT2D eigenvalue weighted by molar-refractivity contribution is 9.10. The standard InChI is InChI=1S/C21H19BrF3N5O/c1-12-15-3-2-4-18(16(15)5-7-26-12)29-20(31)28-14-6-8-30(11-14)19-17(22)9-13(10-27-19)21(23,24)25/h2-5,7,9-10,14H,6,8,11H2,1H3,(H2,28,29,31)/t14-/m1/s1. The fourth-order valence-electron chi connectivity index (χ4n) is 3.70. The molecule has 2 amide bonds.